The van der Waals surface area contributed by atoms with Crippen molar-refractivity contribution in [2.75, 3.05) is 5.32 Å². The smallest absolute Gasteiger partial charge is 0.224 e. The summed E-state index contributed by atoms with van der Waals surface area (Å²) in [5, 5.41) is 3.47. The van der Waals surface area contributed by atoms with Crippen LogP contribution in [0.15, 0.2) is 73.1 Å². The van der Waals surface area contributed by atoms with Crippen LogP contribution in [0.5, 0.6) is 5.75 Å². The van der Waals surface area contributed by atoms with E-state index in [1.807, 2.05) is 24.3 Å². The van der Waals surface area contributed by atoms with Crippen molar-refractivity contribution < 1.29 is 14.3 Å². The van der Waals surface area contributed by atoms with Crippen LogP contribution in [-0.4, -0.2) is 16.7 Å². The van der Waals surface area contributed by atoms with Crippen molar-refractivity contribution >= 4 is 29.0 Å². The van der Waals surface area contributed by atoms with Gasteiger partial charge in [0.15, 0.2) is 5.78 Å². The molecule has 5 nitrogen and oxygen atoms in total. The summed E-state index contributed by atoms with van der Waals surface area (Å²) in [6.45, 7) is 0.430. The summed E-state index contributed by atoms with van der Waals surface area (Å²) in [5.74, 6) is 0.376. The second kappa shape index (κ2) is 9.67. The van der Waals surface area contributed by atoms with Crippen LogP contribution in [0.1, 0.15) is 28.8 Å². The molecular formula is C22H19ClN2O3. The summed E-state index contributed by atoms with van der Waals surface area (Å²) in [7, 11) is 0. The average Bonchev–Trinajstić information content (AvgIpc) is 2.73. The van der Waals surface area contributed by atoms with Gasteiger partial charge in [-0.15, -0.1) is 0 Å². The fraction of sp³-hybridized carbons (Fsp3) is 0.136. The number of ether oxygens (including phenoxy) is 1. The van der Waals surface area contributed by atoms with Gasteiger partial charge in [-0.3, -0.25) is 14.6 Å². The number of ketones is 1. The summed E-state index contributed by atoms with van der Waals surface area (Å²) in [4.78, 5) is 28.0. The highest BCUT2D eigenvalue weighted by Crippen LogP contribution is 2.18. The summed E-state index contributed by atoms with van der Waals surface area (Å²) in [5.41, 5.74) is 2.18. The third-order valence-corrected chi connectivity index (χ3v) is 4.27. The van der Waals surface area contributed by atoms with Crippen LogP contribution in [0.4, 0.5) is 5.69 Å². The number of pyridine rings is 1. The molecule has 0 saturated heterocycles. The molecule has 1 N–H and O–H groups in total. The summed E-state index contributed by atoms with van der Waals surface area (Å²) >= 11 is 5.86. The van der Waals surface area contributed by atoms with E-state index >= 15 is 0 Å². The highest BCUT2D eigenvalue weighted by atomic mass is 35.5. The molecular weight excluding hydrogens is 376 g/mol. The molecule has 0 aliphatic heterocycles. The van der Waals surface area contributed by atoms with Gasteiger partial charge in [-0.2, -0.15) is 0 Å². The fourth-order valence-corrected chi connectivity index (χ4v) is 2.63. The van der Waals surface area contributed by atoms with Crippen molar-refractivity contribution in [3.8, 4) is 5.75 Å². The van der Waals surface area contributed by atoms with Gasteiger partial charge in [0.2, 0.25) is 5.91 Å². The predicted molar refractivity (Wildman–Crippen MR) is 109 cm³/mol. The summed E-state index contributed by atoms with van der Waals surface area (Å²) in [6, 6.07) is 17.9. The van der Waals surface area contributed by atoms with Gasteiger partial charge in [0, 0.05) is 41.5 Å². The van der Waals surface area contributed by atoms with E-state index < -0.39 is 0 Å². The number of aromatic nitrogens is 1. The van der Waals surface area contributed by atoms with Crippen molar-refractivity contribution in [2.24, 2.45) is 0 Å². The molecule has 0 atom stereocenters. The molecule has 0 aliphatic rings. The Kier molecular flexibility index (Phi) is 6.76. The van der Waals surface area contributed by atoms with Gasteiger partial charge in [-0.05, 0) is 54.1 Å². The van der Waals surface area contributed by atoms with E-state index in [0.717, 1.165) is 5.56 Å². The normalized spacial score (nSPS) is 10.3. The largest absolute Gasteiger partial charge is 0.489 e. The molecule has 1 amide bonds. The molecule has 0 bridgehead atoms. The number of nitrogens with zero attached hydrogens (tertiary/aromatic N) is 1. The summed E-state index contributed by atoms with van der Waals surface area (Å²) in [6.07, 6.45) is 3.36. The lowest BCUT2D eigenvalue weighted by Crippen LogP contribution is -2.13. The lowest BCUT2D eigenvalue weighted by atomic mass is 10.1. The number of rotatable bonds is 8. The molecule has 2 aromatic carbocycles. The quantitative estimate of drug-likeness (QED) is 0.551. The second-order valence-corrected chi connectivity index (χ2v) is 6.59. The zero-order valence-electron chi connectivity index (χ0n) is 15.1. The molecule has 6 heteroatoms. The molecule has 0 fully saturated rings. The average molecular weight is 395 g/mol. The van der Waals surface area contributed by atoms with E-state index in [9.17, 15) is 9.59 Å². The zero-order chi connectivity index (χ0) is 19.8. The highest BCUT2D eigenvalue weighted by molar-refractivity contribution is 6.30. The number of hydrogen-bond donors (Lipinski definition) is 1. The monoisotopic (exact) mass is 394 g/mol. The Balaban J connectivity index is 1.45. The molecule has 3 rings (SSSR count). The first-order valence-corrected chi connectivity index (χ1v) is 9.18. The first kappa shape index (κ1) is 19.6. The molecule has 0 aliphatic carbocycles. The van der Waals surface area contributed by atoms with E-state index in [2.05, 4.69) is 10.3 Å². The molecule has 28 heavy (non-hydrogen) atoms. The van der Waals surface area contributed by atoms with Crippen LogP contribution in [-0.2, 0) is 11.4 Å². The third kappa shape index (κ3) is 5.93. The topological polar surface area (TPSA) is 68.3 Å². The Hall–Kier alpha value is -3.18. The minimum Gasteiger partial charge on any atom is -0.489 e. The van der Waals surface area contributed by atoms with Gasteiger partial charge < -0.3 is 10.1 Å². The maximum atomic E-state index is 12.1. The lowest BCUT2D eigenvalue weighted by Gasteiger charge is -2.09. The van der Waals surface area contributed by atoms with Crippen LogP contribution in [0.2, 0.25) is 5.02 Å². The highest BCUT2D eigenvalue weighted by Gasteiger charge is 2.09. The first-order chi connectivity index (χ1) is 13.6. The van der Waals surface area contributed by atoms with Gasteiger partial charge in [-0.25, -0.2) is 0 Å². The second-order valence-electron chi connectivity index (χ2n) is 6.15. The van der Waals surface area contributed by atoms with Crippen molar-refractivity contribution in [3.05, 3.63) is 89.2 Å². The standard InChI is InChI=1S/C22H19ClN2O3/c23-18-5-3-16(4-6-18)15-28-20-9-7-19(8-10-20)25-22(27)12-11-21(26)17-2-1-13-24-14-17/h1-10,13-14H,11-12,15H2,(H,25,27). The first-order valence-electron chi connectivity index (χ1n) is 8.80. The van der Waals surface area contributed by atoms with Crippen molar-refractivity contribution in [1.29, 1.82) is 0 Å². The number of carbonyl (C=O) groups excluding carboxylic acids is 2. The summed E-state index contributed by atoms with van der Waals surface area (Å²) < 4.78 is 5.71. The Bertz CT molecular complexity index is 926. The molecule has 142 valence electrons. The number of carbonyl (C=O) groups is 2. The minimum absolute atomic E-state index is 0.103. The van der Waals surface area contributed by atoms with Crippen LogP contribution >= 0.6 is 11.6 Å². The predicted octanol–water partition coefficient (Wildman–Crippen LogP) is 4.92. The fourth-order valence-electron chi connectivity index (χ4n) is 2.50. The van der Waals surface area contributed by atoms with Gasteiger partial charge in [-0.1, -0.05) is 23.7 Å². The molecule has 0 saturated carbocycles. The number of halogens is 1. The van der Waals surface area contributed by atoms with E-state index in [0.29, 0.717) is 28.6 Å². The number of amides is 1. The number of benzene rings is 2. The van der Waals surface area contributed by atoms with Gasteiger partial charge in [0.25, 0.3) is 0 Å². The van der Waals surface area contributed by atoms with E-state index in [1.54, 1.807) is 42.6 Å². The van der Waals surface area contributed by atoms with Gasteiger partial charge >= 0.3 is 0 Å². The van der Waals surface area contributed by atoms with Gasteiger partial charge in [0.1, 0.15) is 12.4 Å². The van der Waals surface area contributed by atoms with Crippen LogP contribution in [0.3, 0.4) is 0 Å². The van der Waals surface area contributed by atoms with E-state index in [4.69, 9.17) is 16.3 Å². The Morgan fingerprint density at radius 2 is 1.71 bits per heavy atom. The van der Waals surface area contributed by atoms with Crippen molar-refractivity contribution in [2.45, 2.75) is 19.4 Å². The van der Waals surface area contributed by atoms with E-state index in [-0.39, 0.29) is 24.5 Å². The Morgan fingerprint density at radius 3 is 2.39 bits per heavy atom. The maximum Gasteiger partial charge on any atom is 0.224 e. The molecule has 0 radical (unpaired) electrons. The lowest BCUT2D eigenvalue weighted by molar-refractivity contribution is -0.116. The number of Topliss-reactive ketones (excluding diaryl/α,β-unsaturated/α-hetero) is 1. The molecule has 1 aromatic heterocycles. The van der Waals surface area contributed by atoms with Crippen molar-refractivity contribution in [3.63, 3.8) is 0 Å². The molecule has 3 aromatic rings. The van der Waals surface area contributed by atoms with Crippen molar-refractivity contribution in [1.82, 2.24) is 4.98 Å². The third-order valence-electron chi connectivity index (χ3n) is 4.02. The molecule has 0 spiro atoms. The number of hydrogen-bond acceptors (Lipinski definition) is 4. The maximum absolute atomic E-state index is 12.1. The van der Waals surface area contributed by atoms with Crippen LogP contribution < -0.4 is 10.1 Å². The Morgan fingerprint density at radius 1 is 0.964 bits per heavy atom. The zero-order valence-corrected chi connectivity index (χ0v) is 15.9. The number of nitrogens with one attached hydrogen (secondary N) is 1. The van der Waals surface area contributed by atoms with Gasteiger partial charge in [0.05, 0.1) is 0 Å². The molecule has 1 heterocycles. The molecule has 0 unspecified atom stereocenters. The van der Waals surface area contributed by atoms with Crippen LogP contribution in [0, 0.1) is 0 Å². The van der Waals surface area contributed by atoms with Crippen LogP contribution in [0.25, 0.3) is 0 Å². The number of anilines is 1. The minimum atomic E-state index is -0.216. The SMILES string of the molecule is O=C(CCC(=O)c1cccnc1)Nc1ccc(OCc2ccc(Cl)cc2)cc1. The van der Waals surface area contributed by atoms with E-state index in [1.165, 1.54) is 6.20 Å². The Labute approximate surface area is 168 Å².